The maximum absolute atomic E-state index is 8.92. The second-order valence-electron chi connectivity index (χ2n) is 5.23. The molecule has 5 nitrogen and oxygen atoms in total. The summed E-state index contributed by atoms with van der Waals surface area (Å²) in [6.45, 7) is 6.03. The van der Waals surface area contributed by atoms with Crippen LogP contribution >= 0.6 is 0 Å². The van der Waals surface area contributed by atoms with E-state index < -0.39 is 0 Å². The Kier molecular flexibility index (Phi) is 3.79. The van der Waals surface area contributed by atoms with E-state index in [1.54, 1.807) is 6.07 Å². The number of hydrogen-bond acceptors (Lipinski definition) is 4. The Morgan fingerprint density at radius 3 is 2.75 bits per heavy atom. The Labute approximate surface area is 118 Å². The molecule has 0 bridgehead atoms. The first-order valence-corrected chi connectivity index (χ1v) is 6.53. The van der Waals surface area contributed by atoms with Crippen molar-refractivity contribution in [1.82, 2.24) is 4.98 Å². The van der Waals surface area contributed by atoms with E-state index in [2.05, 4.69) is 10.1 Å². The van der Waals surface area contributed by atoms with Crippen LogP contribution in [-0.2, 0) is 0 Å². The number of oxime groups is 1. The second kappa shape index (κ2) is 5.36. The quantitative estimate of drug-likeness (QED) is 0.388. The van der Waals surface area contributed by atoms with Crippen molar-refractivity contribution in [1.29, 1.82) is 0 Å². The highest BCUT2D eigenvalue weighted by Crippen LogP contribution is 2.25. The summed E-state index contributed by atoms with van der Waals surface area (Å²) in [7, 11) is 0. The van der Waals surface area contributed by atoms with Crippen molar-refractivity contribution < 1.29 is 9.94 Å². The van der Waals surface area contributed by atoms with Crippen molar-refractivity contribution in [3.05, 3.63) is 35.9 Å². The number of hydrogen-bond donors (Lipinski definition) is 2. The predicted molar refractivity (Wildman–Crippen MR) is 79.3 cm³/mol. The number of aromatic nitrogens is 1. The Balaban J connectivity index is 2.58. The van der Waals surface area contributed by atoms with Gasteiger partial charge in [0.2, 0.25) is 5.88 Å². The molecular weight excluding hydrogens is 254 g/mol. The molecule has 1 heterocycles. The molecule has 0 atom stereocenters. The lowest BCUT2D eigenvalue weighted by Crippen LogP contribution is -2.27. The molecule has 0 aliphatic carbocycles. The van der Waals surface area contributed by atoms with Gasteiger partial charge in [-0.15, -0.1) is 0 Å². The first-order valence-electron chi connectivity index (χ1n) is 6.53. The van der Waals surface area contributed by atoms with Crippen molar-refractivity contribution in [2.75, 3.05) is 0 Å². The topological polar surface area (TPSA) is 80.7 Å². The summed E-state index contributed by atoms with van der Waals surface area (Å²) in [6, 6.07) is 9.23. The molecule has 1 aromatic carbocycles. The van der Waals surface area contributed by atoms with E-state index in [4.69, 9.17) is 15.7 Å². The van der Waals surface area contributed by atoms with Crippen LogP contribution in [0.15, 0.2) is 35.5 Å². The van der Waals surface area contributed by atoms with Gasteiger partial charge in [0.05, 0.1) is 5.52 Å². The molecule has 0 spiro atoms. The van der Waals surface area contributed by atoms with Gasteiger partial charge in [0, 0.05) is 17.0 Å². The van der Waals surface area contributed by atoms with Gasteiger partial charge in [-0.25, -0.2) is 4.98 Å². The highest BCUT2D eigenvalue weighted by Gasteiger charge is 2.19. The Morgan fingerprint density at radius 1 is 1.40 bits per heavy atom. The van der Waals surface area contributed by atoms with Crippen molar-refractivity contribution in [3.63, 3.8) is 0 Å². The van der Waals surface area contributed by atoms with Gasteiger partial charge in [-0.3, -0.25) is 0 Å². The number of rotatable bonds is 4. The molecule has 0 saturated carbocycles. The third-order valence-corrected chi connectivity index (χ3v) is 3.31. The fourth-order valence-corrected chi connectivity index (χ4v) is 1.82. The number of nitrogens with zero attached hydrogens (tertiary/aromatic N) is 2. The number of pyridine rings is 1. The van der Waals surface area contributed by atoms with Crippen LogP contribution in [0.3, 0.4) is 0 Å². The largest absolute Gasteiger partial charge is 0.472 e. The standard InChI is InChI=1S/C15H19N3O2/c1-4-15(2,3)20-13-9-11(14(16)18-19)10-7-5-6-8-12(10)17-13/h5-9,19H,4H2,1-3H3,(H2,16,18). The number of fused-ring (bicyclic) bond motifs is 1. The van der Waals surface area contributed by atoms with Crippen LogP contribution in [0.4, 0.5) is 0 Å². The minimum atomic E-state index is -0.322. The van der Waals surface area contributed by atoms with Crippen LogP contribution in [0.5, 0.6) is 5.88 Å². The van der Waals surface area contributed by atoms with Gasteiger partial charge >= 0.3 is 0 Å². The molecule has 20 heavy (non-hydrogen) atoms. The molecule has 0 fully saturated rings. The van der Waals surface area contributed by atoms with E-state index in [0.29, 0.717) is 11.4 Å². The molecule has 3 N–H and O–H groups in total. The summed E-state index contributed by atoms with van der Waals surface area (Å²) in [5.41, 5.74) is 6.78. The maximum Gasteiger partial charge on any atom is 0.215 e. The van der Waals surface area contributed by atoms with Crippen LogP contribution in [0.1, 0.15) is 32.8 Å². The molecule has 0 radical (unpaired) electrons. The SMILES string of the molecule is CCC(C)(C)Oc1cc(C(N)=NO)c2ccccc2n1. The maximum atomic E-state index is 8.92. The van der Waals surface area contributed by atoms with E-state index in [1.165, 1.54) is 0 Å². The molecule has 0 aliphatic heterocycles. The molecule has 5 heteroatoms. The molecule has 106 valence electrons. The summed E-state index contributed by atoms with van der Waals surface area (Å²) in [5.74, 6) is 0.514. The number of nitrogens with two attached hydrogens (primary N) is 1. The minimum absolute atomic E-state index is 0.0442. The van der Waals surface area contributed by atoms with Crippen LogP contribution in [-0.4, -0.2) is 21.6 Å². The van der Waals surface area contributed by atoms with E-state index in [9.17, 15) is 0 Å². The molecule has 0 saturated heterocycles. The number of benzene rings is 1. The zero-order chi connectivity index (χ0) is 14.8. The normalized spacial score (nSPS) is 12.7. The zero-order valence-electron chi connectivity index (χ0n) is 11.9. The lowest BCUT2D eigenvalue weighted by molar-refractivity contribution is 0.0995. The van der Waals surface area contributed by atoms with Crippen LogP contribution < -0.4 is 10.5 Å². The zero-order valence-corrected chi connectivity index (χ0v) is 11.9. The van der Waals surface area contributed by atoms with Crippen molar-refractivity contribution in [3.8, 4) is 5.88 Å². The minimum Gasteiger partial charge on any atom is -0.472 e. The molecule has 0 unspecified atom stereocenters. The fraction of sp³-hybridized carbons (Fsp3) is 0.333. The van der Waals surface area contributed by atoms with Crippen molar-refractivity contribution >= 4 is 16.7 Å². The van der Waals surface area contributed by atoms with Crippen LogP contribution in [0.25, 0.3) is 10.9 Å². The average molecular weight is 273 g/mol. The molecule has 2 rings (SSSR count). The molecule has 0 amide bonds. The van der Waals surface area contributed by atoms with E-state index >= 15 is 0 Å². The summed E-state index contributed by atoms with van der Waals surface area (Å²) in [6.07, 6.45) is 0.848. The molecular formula is C15H19N3O2. The number of para-hydroxylation sites is 1. The van der Waals surface area contributed by atoms with Crippen molar-refractivity contribution in [2.24, 2.45) is 10.9 Å². The number of ether oxygens (including phenoxy) is 1. The summed E-state index contributed by atoms with van der Waals surface area (Å²) in [4.78, 5) is 4.47. The Hall–Kier alpha value is -2.30. The summed E-state index contributed by atoms with van der Waals surface area (Å²) in [5, 5.41) is 12.8. The first-order chi connectivity index (χ1) is 9.46. The van der Waals surface area contributed by atoms with Crippen LogP contribution in [0, 0.1) is 0 Å². The average Bonchev–Trinajstić information content (AvgIpc) is 2.45. The lowest BCUT2D eigenvalue weighted by atomic mass is 10.1. The van der Waals surface area contributed by atoms with E-state index in [-0.39, 0.29) is 11.4 Å². The second-order valence-corrected chi connectivity index (χ2v) is 5.23. The van der Waals surface area contributed by atoms with Gasteiger partial charge in [-0.1, -0.05) is 30.3 Å². The van der Waals surface area contributed by atoms with Crippen LogP contribution in [0.2, 0.25) is 0 Å². The van der Waals surface area contributed by atoms with Gasteiger partial charge in [0.15, 0.2) is 5.84 Å². The summed E-state index contributed by atoms with van der Waals surface area (Å²) < 4.78 is 5.89. The predicted octanol–water partition coefficient (Wildman–Crippen LogP) is 2.90. The Bertz CT molecular complexity index is 651. The highest BCUT2D eigenvalue weighted by molar-refractivity contribution is 6.08. The summed E-state index contributed by atoms with van der Waals surface area (Å²) >= 11 is 0. The smallest absolute Gasteiger partial charge is 0.215 e. The van der Waals surface area contributed by atoms with Gasteiger partial charge in [-0.2, -0.15) is 0 Å². The molecule has 2 aromatic rings. The van der Waals surface area contributed by atoms with Gasteiger partial charge < -0.3 is 15.7 Å². The number of amidine groups is 1. The first kappa shape index (κ1) is 14.1. The van der Waals surface area contributed by atoms with Gasteiger partial charge in [-0.05, 0) is 26.3 Å². The lowest BCUT2D eigenvalue weighted by Gasteiger charge is -2.24. The van der Waals surface area contributed by atoms with E-state index in [0.717, 1.165) is 17.3 Å². The third-order valence-electron chi connectivity index (χ3n) is 3.31. The molecule has 1 aromatic heterocycles. The fourth-order valence-electron chi connectivity index (χ4n) is 1.82. The Morgan fingerprint density at radius 2 is 2.10 bits per heavy atom. The van der Waals surface area contributed by atoms with Gasteiger partial charge in [0.1, 0.15) is 5.60 Å². The highest BCUT2D eigenvalue weighted by atomic mass is 16.5. The molecule has 0 aliphatic rings. The monoisotopic (exact) mass is 273 g/mol. The van der Waals surface area contributed by atoms with E-state index in [1.807, 2.05) is 45.0 Å². The van der Waals surface area contributed by atoms with Crippen molar-refractivity contribution in [2.45, 2.75) is 32.8 Å². The third kappa shape index (κ3) is 2.82. The van der Waals surface area contributed by atoms with Gasteiger partial charge in [0.25, 0.3) is 0 Å².